The van der Waals surface area contributed by atoms with Crippen LogP contribution in [0.2, 0.25) is 0 Å². The Morgan fingerprint density at radius 1 is 0.632 bits per heavy atom. The normalized spacial score (nSPS) is 10.1. The number of hydrogen-bond donors (Lipinski definition) is 1. The largest absolute Gasteiger partial charge is 0.324 e. The maximum Gasteiger partial charge on any atom is 0.227 e. The lowest BCUT2D eigenvalue weighted by molar-refractivity contribution is 1.17. The molecule has 0 aliphatic rings. The van der Waals surface area contributed by atoms with Gasteiger partial charge in [0.1, 0.15) is 0 Å². The number of nitrogens with zero attached hydrogens (tertiary/aromatic N) is 2. The van der Waals surface area contributed by atoms with E-state index in [1.165, 1.54) is 11.1 Å². The van der Waals surface area contributed by atoms with Crippen LogP contribution in [0.1, 0.15) is 0 Å². The Morgan fingerprint density at radius 3 is 1.95 bits per heavy atom. The lowest BCUT2D eigenvalue weighted by Gasteiger charge is -2.06. The van der Waals surface area contributed by atoms with Gasteiger partial charge >= 0.3 is 0 Å². The molecule has 0 amide bonds. The van der Waals surface area contributed by atoms with E-state index in [-0.39, 0.29) is 0 Å². The number of anilines is 2. The van der Waals surface area contributed by atoms with E-state index in [0.717, 1.165) is 5.69 Å². The van der Waals surface area contributed by atoms with Gasteiger partial charge < -0.3 is 5.32 Å². The van der Waals surface area contributed by atoms with Crippen LogP contribution in [-0.4, -0.2) is 9.97 Å². The van der Waals surface area contributed by atoms with Crippen LogP contribution in [0.25, 0.3) is 11.1 Å². The van der Waals surface area contributed by atoms with Gasteiger partial charge in [-0.15, -0.1) is 0 Å². The summed E-state index contributed by atoms with van der Waals surface area (Å²) in [6, 6.07) is 20.3. The fourth-order valence-corrected chi connectivity index (χ4v) is 1.87. The molecule has 2 aromatic carbocycles. The molecule has 1 aromatic heterocycles. The quantitative estimate of drug-likeness (QED) is 0.763. The van der Waals surface area contributed by atoms with E-state index in [2.05, 4.69) is 39.6 Å². The van der Waals surface area contributed by atoms with Crippen LogP contribution in [0.3, 0.4) is 0 Å². The Labute approximate surface area is 112 Å². The van der Waals surface area contributed by atoms with Crippen LogP contribution in [0.15, 0.2) is 73.1 Å². The molecule has 0 saturated carbocycles. The fourth-order valence-electron chi connectivity index (χ4n) is 1.87. The van der Waals surface area contributed by atoms with E-state index in [1.807, 2.05) is 30.3 Å². The van der Waals surface area contributed by atoms with Crippen molar-refractivity contribution in [1.29, 1.82) is 0 Å². The molecule has 0 spiro atoms. The molecule has 3 heteroatoms. The molecule has 3 nitrogen and oxygen atoms in total. The average Bonchev–Trinajstić information content (AvgIpc) is 2.50. The molecule has 19 heavy (non-hydrogen) atoms. The molecule has 0 bridgehead atoms. The van der Waals surface area contributed by atoms with Crippen LogP contribution in [0.5, 0.6) is 0 Å². The first-order valence-corrected chi connectivity index (χ1v) is 6.11. The summed E-state index contributed by atoms with van der Waals surface area (Å²) >= 11 is 0. The van der Waals surface area contributed by atoms with Crippen molar-refractivity contribution in [3.05, 3.63) is 73.1 Å². The second kappa shape index (κ2) is 5.31. The number of benzene rings is 2. The molecule has 92 valence electrons. The SMILES string of the molecule is c1ccc(-c2ccc(Nc3ncccn3)cc2)cc1. The minimum absolute atomic E-state index is 0.606. The highest BCUT2D eigenvalue weighted by Crippen LogP contribution is 2.21. The zero-order chi connectivity index (χ0) is 12.9. The smallest absolute Gasteiger partial charge is 0.227 e. The zero-order valence-electron chi connectivity index (χ0n) is 10.3. The van der Waals surface area contributed by atoms with Gasteiger partial charge in [-0.05, 0) is 29.3 Å². The van der Waals surface area contributed by atoms with Gasteiger partial charge in [0.15, 0.2) is 0 Å². The predicted octanol–water partition coefficient (Wildman–Crippen LogP) is 3.89. The fraction of sp³-hybridized carbons (Fsp3) is 0. The number of aromatic nitrogens is 2. The molecule has 0 aliphatic heterocycles. The van der Waals surface area contributed by atoms with Crippen molar-refractivity contribution < 1.29 is 0 Å². The van der Waals surface area contributed by atoms with Crippen molar-refractivity contribution in [2.75, 3.05) is 5.32 Å². The van der Waals surface area contributed by atoms with Crippen LogP contribution in [0, 0.1) is 0 Å². The van der Waals surface area contributed by atoms with Crippen molar-refractivity contribution in [2.45, 2.75) is 0 Å². The van der Waals surface area contributed by atoms with Crippen molar-refractivity contribution in [3.63, 3.8) is 0 Å². The first-order chi connectivity index (χ1) is 9.42. The second-order valence-corrected chi connectivity index (χ2v) is 4.14. The predicted molar refractivity (Wildman–Crippen MR) is 77.2 cm³/mol. The number of nitrogens with one attached hydrogen (secondary N) is 1. The maximum atomic E-state index is 4.13. The van der Waals surface area contributed by atoms with E-state index in [1.54, 1.807) is 18.5 Å². The standard InChI is InChI=1S/C16H13N3/c1-2-5-13(6-3-1)14-7-9-15(10-8-14)19-16-17-11-4-12-18-16/h1-12H,(H,17,18,19). The summed E-state index contributed by atoms with van der Waals surface area (Å²) in [5, 5.41) is 3.16. The molecule has 0 radical (unpaired) electrons. The van der Waals surface area contributed by atoms with E-state index in [0.29, 0.717) is 5.95 Å². The van der Waals surface area contributed by atoms with Crippen LogP contribution in [-0.2, 0) is 0 Å². The van der Waals surface area contributed by atoms with Gasteiger partial charge in [0.2, 0.25) is 5.95 Å². The molecule has 0 saturated heterocycles. The summed E-state index contributed by atoms with van der Waals surface area (Å²) in [6.45, 7) is 0. The minimum atomic E-state index is 0.606. The molecule has 0 atom stereocenters. The number of rotatable bonds is 3. The van der Waals surface area contributed by atoms with Gasteiger partial charge in [0.05, 0.1) is 0 Å². The molecule has 3 aromatic rings. The summed E-state index contributed by atoms with van der Waals surface area (Å²) in [5.41, 5.74) is 3.39. The van der Waals surface area contributed by atoms with E-state index in [9.17, 15) is 0 Å². The lowest BCUT2D eigenvalue weighted by Crippen LogP contribution is -1.95. The highest BCUT2D eigenvalue weighted by atomic mass is 15.1. The van der Waals surface area contributed by atoms with Gasteiger partial charge in [-0.1, -0.05) is 42.5 Å². The molecule has 0 fully saturated rings. The molecule has 3 rings (SSSR count). The molecule has 0 aliphatic carbocycles. The van der Waals surface area contributed by atoms with E-state index < -0.39 is 0 Å². The average molecular weight is 247 g/mol. The summed E-state index contributed by atoms with van der Waals surface area (Å²) in [4.78, 5) is 8.26. The van der Waals surface area contributed by atoms with Crippen molar-refractivity contribution in [1.82, 2.24) is 9.97 Å². The Kier molecular flexibility index (Phi) is 3.19. The van der Waals surface area contributed by atoms with E-state index >= 15 is 0 Å². The number of hydrogen-bond acceptors (Lipinski definition) is 3. The van der Waals surface area contributed by atoms with Gasteiger partial charge in [0, 0.05) is 18.1 Å². The maximum absolute atomic E-state index is 4.13. The van der Waals surface area contributed by atoms with Gasteiger partial charge in [0.25, 0.3) is 0 Å². The monoisotopic (exact) mass is 247 g/mol. The molecule has 1 N–H and O–H groups in total. The van der Waals surface area contributed by atoms with Gasteiger partial charge in [-0.3, -0.25) is 0 Å². The Balaban J connectivity index is 1.80. The van der Waals surface area contributed by atoms with Crippen molar-refractivity contribution in [2.24, 2.45) is 0 Å². The third kappa shape index (κ3) is 2.77. The Morgan fingerprint density at radius 2 is 1.26 bits per heavy atom. The summed E-state index contributed by atoms with van der Waals surface area (Å²) < 4.78 is 0. The minimum Gasteiger partial charge on any atom is -0.324 e. The second-order valence-electron chi connectivity index (χ2n) is 4.14. The molecular weight excluding hydrogens is 234 g/mol. The van der Waals surface area contributed by atoms with Crippen LogP contribution in [0.4, 0.5) is 11.6 Å². The molecule has 1 heterocycles. The molecule has 0 unspecified atom stereocenters. The summed E-state index contributed by atoms with van der Waals surface area (Å²) in [6.07, 6.45) is 3.43. The van der Waals surface area contributed by atoms with Crippen molar-refractivity contribution >= 4 is 11.6 Å². The lowest BCUT2D eigenvalue weighted by atomic mass is 10.1. The third-order valence-electron chi connectivity index (χ3n) is 2.81. The molecular formula is C16H13N3. The van der Waals surface area contributed by atoms with E-state index in [4.69, 9.17) is 0 Å². The van der Waals surface area contributed by atoms with Crippen LogP contribution >= 0.6 is 0 Å². The van der Waals surface area contributed by atoms with Gasteiger partial charge in [-0.25, -0.2) is 9.97 Å². The first kappa shape index (κ1) is 11.4. The third-order valence-corrected chi connectivity index (χ3v) is 2.81. The topological polar surface area (TPSA) is 37.8 Å². The van der Waals surface area contributed by atoms with Crippen molar-refractivity contribution in [3.8, 4) is 11.1 Å². The first-order valence-electron chi connectivity index (χ1n) is 6.11. The summed E-state index contributed by atoms with van der Waals surface area (Å²) in [5.74, 6) is 0.606. The highest BCUT2D eigenvalue weighted by molar-refractivity contribution is 5.67. The Hall–Kier alpha value is -2.68. The van der Waals surface area contributed by atoms with Gasteiger partial charge in [-0.2, -0.15) is 0 Å². The van der Waals surface area contributed by atoms with Crippen LogP contribution < -0.4 is 5.32 Å². The highest BCUT2D eigenvalue weighted by Gasteiger charge is 1.98. The zero-order valence-corrected chi connectivity index (χ0v) is 10.3. The Bertz CT molecular complexity index is 634. The summed E-state index contributed by atoms with van der Waals surface area (Å²) in [7, 11) is 0.